The summed E-state index contributed by atoms with van der Waals surface area (Å²) in [6.45, 7) is 0. The van der Waals surface area contributed by atoms with E-state index in [0.717, 1.165) is 66.9 Å². The molecule has 0 aliphatic carbocycles. The average Bonchev–Trinajstić information content (AvgIpc) is 3.71. The first-order valence-corrected chi connectivity index (χ1v) is 11.7. The van der Waals surface area contributed by atoms with E-state index >= 15 is 0 Å². The third-order valence-electron chi connectivity index (χ3n) is 6.76. The predicted octanol–water partition coefficient (Wildman–Crippen LogP) is 7.52. The topological polar surface area (TPSA) is 61.9 Å². The van der Waals surface area contributed by atoms with Crippen LogP contribution in [0.4, 0.5) is 0 Å². The maximum Gasteiger partial charge on any atom is 0.181 e. The van der Waals surface area contributed by atoms with Gasteiger partial charge >= 0.3 is 0 Å². The van der Waals surface area contributed by atoms with Crippen LogP contribution < -0.4 is 0 Å². The van der Waals surface area contributed by atoms with Gasteiger partial charge < -0.3 is 8.83 Å². The van der Waals surface area contributed by atoms with Gasteiger partial charge in [-0.1, -0.05) is 36.4 Å². The normalized spacial score (nSPS) is 11.9. The first-order valence-electron chi connectivity index (χ1n) is 11.7. The maximum absolute atomic E-state index is 6.01. The van der Waals surface area contributed by atoms with Gasteiger partial charge in [0.2, 0.25) is 0 Å². The highest BCUT2D eigenvalue weighted by atomic mass is 16.3. The van der Waals surface area contributed by atoms with E-state index in [4.69, 9.17) is 18.8 Å². The summed E-state index contributed by atoms with van der Waals surface area (Å²) in [4.78, 5) is 9.38. The lowest BCUT2D eigenvalue weighted by Gasteiger charge is -2.11. The standard InChI is InChI=1S/C30H18N4O2/c1-3-7-25-21(5-1)23-17-19(9-11-27(23)35-25)33-15-13-31-29(33)30-32-14-16-34(30)20-10-12-28-24(18-20)22-6-2-4-8-26(22)36-28/h1-18H. The van der Waals surface area contributed by atoms with Crippen molar-refractivity contribution in [1.29, 1.82) is 0 Å². The monoisotopic (exact) mass is 466 g/mol. The van der Waals surface area contributed by atoms with Gasteiger partial charge in [-0.15, -0.1) is 0 Å². The van der Waals surface area contributed by atoms with Crippen LogP contribution in [0.5, 0.6) is 0 Å². The summed E-state index contributed by atoms with van der Waals surface area (Å²) in [6.07, 6.45) is 7.53. The molecule has 0 saturated carbocycles. The van der Waals surface area contributed by atoms with Gasteiger partial charge in [-0.05, 0) is 48.5 Å². The van der Waals surface area contributed by atoms with E-state index in [0.29, 0.717) is 0 Å². The number of hydrogen-bond donors (Lipinski definition) is 0. The Labute approximate surface area is 204 Å². The molecule has 170 valence electrons. The van der Waals surface area contributed by atoms with Crippen molar-refractivity contribution in [2.45, 2.75) is 0 Å². The van der Waals surface area contributed by atoms with E-state index in [2.05, 4.69) is 33.4 Å². The molecular formula is C30H18N4O2. The molecule has 0 aliphatic heterocycles. The SMILES string of the molecule is c1ccc2c(c1)oc1ccc(-n3ccnc3-c3nccn3-c3ccc4oc5ccccc5c4c3)cc12. The van der Waals surface area contributed by atoms with Crippen LogP contribution in [-0.2, 0) is 0 Å². The van der Waals surface area contributed by atoms with Crippen molar-refractivity contribution < 1.29 is 8.83 Å². The predicted molar refractivity (Wildman–Crippen MR) is 141 cm³/mol. The van der Waals surface area contributed by atoms with Gasteiger partial charge in [-0.3, -0.25) is 9.13 Å². The largest absolute Gasteiger partial charge is 0.456 e. The highest BCUT2D eigenvalue weighted by Crippen LogP contribution is 2.33. The molecule has 0 N–H and O–H groups in total. The number of para-hydroxylation sites is 2. The summed E-state index contributed by atoms with van der Waals surface area (Å²) in [5.74, 6) is 1.51. The molecule has 4 heterocycles. The van der Waals surface area contributed by atoms with E-state index < -0.39 is 0 Å². The maximum atomic E-state index is 6.01. The molecule has 0 spiro atoms. The molecular weight excluding hydrogens is 448 g/mol. The minimum Gasteiger partial charge on any atom is -0.456 e. The Morgan fingerprint density at radius 3 is 1.42 bits per heavy atom. The number of furan rings is 2. The quantitative estimate of drug-likeness (QED) is 0.270. The van der Waals surface area contributed by atoms with E-state index in [9.17, 15) is 0 Å². The van der Waals surface area contributed by atoms with Crippen LogP contribution >= 0.6 is 0 Å². The summed E-state index contributed by atoms with van der Waals surface area (Å²) < 4.78 is 16.2. The fraction of sp³-hybridized carbons (Fsp3) is 0. The smallest absolute Gasteiger partial charge is 0.181 e. The third-order valence-corrected chi connectivity index (χ3v) is 6.76. The van der Waals surface area contributed by atoms with Gasteiger partial charge in [-0.2, -0.15) is 0 Å². The molecule has 0 saturated heterocycles. The van der Waals surface area contributed by atoms with Crippen molar-refractivity contribution in [3.05, 3.63) is 110 Å². The first kappa shape index (κ1) is 19.2. The van der Waals surface area contributed by atoms with Crippen molar-refractivity contribution in [2.24, 2.45) is 0 Å². The first-order chi connectivity index (χ1) is 17.8. The minimum atomic E-state index is 0.754. The number of rotatable bonds is 3. The number of benzene rings is 4. The lowest BCUT2D eigenvalue weighted by atomic mass is 10.1. The molecule has 0 fully saturated rings. The van der Waals surface area contributed by atoms with E-state index in [-0.39, 0.29) is 0 Å². The van der Waals surface area contributed by atoms with Crippen molar-refractivity contribution in [3.8, 4) is 23.0 Å². The number of aromatic nitrogens is 4. The second-order valence-corrected chi connectivity index (χ2v) is 8.80. The summed E-state index contributed by atoms with van der Waals surface area (Å²) >= 11 is 0. The number of imidazole rings is 2. The van der Waals surface area contributed by atoms with Crippen LogP contribution in [0.3, 0.4) is 0 Å². The molecule has 0 radical (unpaired) electrons. The highest BCUT2D eigenvalue weighted by Gasteiger charge is 2.17. The van der Waals surface area contributed by atoms with Crippen LogP contribution in [0.15, 0.2) is 119 Å². The Morgan fingerprint density at radius 2 is 0.917 bits per heavy atom. The molecule has 36 heavy (non-hydrogen) atoms. The van der Waals surface area contributed by atoms with Crippen LogP contribution in [0.25, 0.3) is 66.9 Å². The van der Waals surface area contributed by atoms with Crippen LogP contribution in [0, 0.1) is 0 Å². The van der Waals surface area contributed by atoms with E-state index in [1.165, 1.54) is 0 Å². The van der Waals surface area contributed by atoms with Gasteiger partial charge in [0.05, 0.1) is 0 Å². The third kappa shape index (κ3) is 2.72. The van der Waals surface area contributed by atoms with Gasteiger partial charge in [0, 0.05) is 57.7 Å². The molecule has 0 unspecified atom stereocenters. The summed E-state index contributed by atoms with van der Waals surface area (Å²) in [5.41, 5.74) is 5.48. The zero-order valence-electron chi connectivity index (χ0n) is 19.0. The summed E-state index contributed by atoms with van der Waals surface area (Å²) in [6, 6.07) is 28.6. The van der Waals surface area contributed by atoms with E-state index in [1.54, 1.807) is 12.4 Å². The van der Waals surface area contributed by atoms with Crippen LogP contribution in [0.1, 0.15) is 0 Å². The number of fused-ring (bicyclic) bond motifs is 6. The van der Waals surface area contributed by atoms with Gasteiger partial charge in [-0.25, -0.2) is 9.97 Å². The Kier molecular flexibility index (Phi) is 3.85. The molecule has 0 aliphatic rings. The Morgan fingerprint density at radius 1 is 0.472 bits per heavy atom. The van der Waals surface area contributed by atoms with Gasteiger partial charge in [0.25, 0.3) is 0 Å². The fourth-order valence-corrected chi connectivity index (χ4v) is 5.08. The number of hydrogen-bond acceptors (Lipinski definition) is 4. The summed E-state index contributed by atoms with van der Waals surface area (Å²) in [5, 5.41) is 4.34. The molecule has 4 aromatic carbocycles. The average molecular weight is 467 g/mol. The molecule has 6 heteroatoms. The van der Waals surface area contributed by atoms with Crippen LogP contribution in [-0.4, -0.2) is 19.1 Å². The molecule has 0 bridgehead atoms. The van der Waals surface area contributed by atoms with Gasteiger partial charge in [0.1, 0.15) is 22.3 Å². The lowest BCUT2D eigenvalue weighted by molar-refractivity contribution is 0.668. The minimum absolute atomic E-state index is 0.754. The van der Waals surface area contributed by atoms with Crippen molar-refractivity contribution >= 4 is 43.9 Å². The summed E-state index contributed by atoms with van der Waals surface area (Å²) in [7, 11) is 0. The molecule has 4 aromatic heterocycles. The Balaban J connectivity index is 1.28. The molecule has 8 aromatic rings. The Bertz CT molecular complexity index is 1920. The molecule has 0 amide bonds. The Hall–Kier alpha value is -5.10. The second-order valence-electron chi connectivity index (χ2n) is 8.80. The van der Waals surface area contributed by atoms with Crippen LogP contribution in [0.2, 0.25) is 0 Å². The molecule has 6 nitrogen and oxygen atoms in total. The fourth-order valence-electron chi connectivity index (χ4n) is 5.08. The van der Waals surface area contributed by atoms with Crippen molar-refractivity contribution in [2.75, 3.05) is 0 Å². The lowest BCUT2D eigenvalue weighted by Crippen LogP contribution is -2.02. The molecule has 0 atom stereocenters. The van der Waals surface area contributed by atoms with Crippen molar-refractivity contribution in [3.63, 3.8) is 0 Å². The zero-order chi connectivity index (χ0) is 23.6. The van der Waals surface area contributed by atoms with Gasteiger partial charge in [0.15, 0.2) is 11.6 Å². The number of nitrogens with zero attached hydrogens (tertiary/aromatic N) is 4. The highest BCUT2D eigenvalue weighted by molar-refractivity contribution is 6.06. The van der Waals surface area contributed by atoms with Crippen molar-refractivity contribution in [1.82, 2.24) is 19.1 Å². The second kappa shape index (κ2) is 7.20. The van der Waals surface area contributed by atoms with E-state index in [1.807, 2.05) is 73.1 Å². The zero-order valence-corrected chi connectivity index (χ0v) is 19.0. The molecule has 8 rings (SSSR count).